The first-order valence-corrected chi connectivity index (χ1v) is 5.57. The van der Waals surface area contributed by atoms with Crippen LogP contribution in [0.3, 0.4) is 0 Å². The summed E-state index contributed by atoms with van der Waals surface area (Å²) in [5.74, 6) is 3.49. The van der Waals surface area contributed by atoms with Crippen LogP contribution in [0.1, 0.15) is 11.5 Å². The molecule has 0 bridgehead atoms. The number of aryl methyl sites for hydroxylation is 1. The van der Waals surface area contributed by atoms with Crippen molar-refractivity contribution in [2.75, 3.05) is 5.32 Å². The van der Waals surface area contributed by atoms with E-state index < -0.39 is 0 Å². The van der Waals surface area contributed by atoms with E-state index in [4.69, 9.17) is 8.83 Å². The second kappa shape index (κ2) is 4.40. The number of hydrogen-bond acceptors (Lipinski definition) is 5. The number of aromatic amines is 1. The second-order valence-corrected chi connectivity index (χ2v) is 3.85. The Hall–Kier alpha value is -2.50. The number of hydrogen-bond donors (Lipinski definition) is 2. The van der Waals surface area contributed by atoms with Crippen molar-refractivity contribution in [2.45, 2.75) is 13.5 Å². The van der Waals surface area contributed by atoms with Crippen molar-refractivity contribution >= 4 is 5.95 Å². The summed E-state index contributed by atoms with van der Waals surface area (Å²) in [6.45, 7) is 2.45. The number of aromatic nitrogens is 3. The number of rotatable bonds is 4. The molecule has 0 unspecified atom stereocenters. The van der Waals surface area contributed by atoms with Crippen molar-refractivity contribution in [3.8, 4) is 11.6 Å². The molecule has 2 N–H and O–H groups in total. The highest BCUT2D eigenvalue weighted by Gasteiger charge is 2.07. The molecule has 0 fully saturated rings. The molecular weight excluding hydrogens is 232 g/mol. The van der Waals surface area contributed by atoms with Gasteiger partial charge in [-0.15, -0.1) is 5.10 Å². The minimum absolute atomic E-state index is 0.510. The lowest BCUT2D eigenvalue weighted by Crippen LogP contribution is -1.99. The Balaban J connectivity index is 1.67. The highest BCUT2D eigenvalue weighted by Crippen LogP contribution is 2.16. The summed E-state index contributed by atoms with van der Waals surface area (Å²) in [5, 5.41) is 9.91. The molecule has 3 aromatic rings. The zero-order chi connectivity index (χ0) is 12.4. The lowest BCUT2D eigenvalue weighted by Gasteiger charge is -1.97. The van der Waals surface area contributed by atoms with Gasteiger partial charge in [0.25, 0.3) is 0 Å². The van der Waals surface area contributed by atoms with Gasteiger partial charge in [0, 0.05) is 0 Å². The fraction of sp³-hybridized carbons (Fsp3) is 0.167. The molecule has 0 aromatic carbocycles. The molecule has 3 rings (SSSR count). The topological polar surface area (TPSA) is 79.9 Å². The number of anilines is 1. The van der Waals surface area contributed by atoms with Gasteiger partial charge in [-0.25, -0.2) is 0 Å². The van der Waals surface area contributed by atoms with Crippen LogP contribution in [-0.4, -0.2) is 15.2 Å². The Kier molecular flexibility index (Phi) is 2.60. The van der Waals surface area contributed by atoms with Crippen LogP contribution >= 0.6 is 0 Å². The number of nitrogens with one attached hydrogen (secondary N) is 2. The van der Waals surface area contributed by atoms with Crippen LogP contribution in [0.15, 0.2) is 39.4 Å². The minimum Gasteiger partial charge on any atom is -0.465 e. The molecule has 3 heterocycles. The van der Waals surface area contributed by atoms with Crippen molar-refractivity contribution in [3.63, 3.8) is 0 Å². The van der Waals surface area contributed by atoms with Crippen LogP contribution in [0.25, 0.3) is 11.6 Å². The van der Waals surface area contributed by atoms with Gasteiger partial charge < -0.3 is 14.2 Å². The van der Waals surface area contributed by atoms with Gasteiger partial charge in [-0.2, -0.15) is 4.98 Å². The number of nitrogens with zero attached hydrogens (tertiary/aromatic N) is 2. The summed E-state index contributed by atoms with van der Waals surface area (Å²) in [6, 6.07) is 7.46. The highest BCUT2D eigenvalue weighted by atomic mass is 16.3. The Morgan fingerprint density at radius 2 is 2.28 bits per heavy atom. The van der Waals surface area contributed by atoms with E-state index in [0.717, 1.165) is 11.5 Å². The van der Waals surface area contributed by atoms with Crippen molar-refractivity contribution in [1.29, 1.82) is 0 Å². The predicted octanol–water partition coefficient (Wildman–Crippen LogP) is 2.58. The smallest absolute Gasteiger partial charge is 0.242 e. The zero-order valence-corrected chi connectivity index (χ0v) is 9.80. The maximum Gasteiger partial charge on any atom is 0.242 e. The van der Waals surface area contributed by atoms with E-state index in [-0.39, 0.29) is 0 Å². The van der Waals surface area contributed by atoms with Crippen LogP contribution < -0.4 is 5.32 Å². The molecule has 0 spiro atoms. The quantitative estimate of drug-likeness (QED) is 0.737. The summed E-state index contributed by atoms with van der Waals surface area (Å²) in [7, 11) is 0. The monoisotopic (exact) mass is 244 g/mol. The predicted molar refractivity (Wildman–Crippen MR) is 64.9 cm³/mol. The molecular formula is C12H12N4O2. The summed E-state index contributed by atoms with van der Waals surface area (Å²) >= 11 is 0. The second-order valence-electron chi connectivity index (χ2n) is 3.85. The van der Waals surface area contributed by atoms with E-state index in [9.17, 15) is 0 Å². The molecule has 0 amide bonds. The maximum atomic E-state index is 5.44. The Bertz CT molecular complexity index is 624. The maximum absolute atomic E-state index is 5.44. The molecule has 6 heteroatoms. The largest absolute Gasteiger partial charge is 0.465 e. The molecule has 0 aliphatic rings. The van der Waals surface area contributed by atoms with E-state index >= 15 is 0 Å². The van der Waals surface area contributed by atoms with Gasteiger partial charge in [0.15, 0.2) is 11.6 Å². The van der Waals surface area contributed by atoms with Crippen molar-refractivity contribution in [3.05, 3.63) is 42.0 Å². The van der Waals surface area contributed by atoms with Crippen molar-refractivity contribution < 1.29 is 8.83 Å². The average Bonchev–Trinajstić information content (AvgIpc) is 3.07. The average molecular weight is 244 g/mol. The van der Waals surface area contributed by atoms with Gasteiger partial charge in [0.05, 0.1) is 12.8 Å². The van der Waals surface area contributed by atoms with Gasteiger partial charge in [-0.3, -0.25) is 5.10 Å². The molecule has 18 heavy (non-hydrogen) atoms. The van der Waals surface area contributed by atoms with Crippen molar-refractivity contribution in [2.24, 2.45) is 0 Å². The van der Waals surface area contributed by atoms with E-state index in [0.29, 0.717) is 24.1 Å². The van der Waals surface area contributed by atoms with Gasteiger partial charge in [0.2, 0.25) is 5.95 Å². The van der Waals surface area contributed by atoms with Gasteiger partial charge in [-0.1, -0.05) is 0 Å². The SMILES string of the molecule is Cc1ccc(CNc2n[nH]c(-c3ccco3)n2)o1. The first-order valence-electron chi connectivity index (χ1n) is 5.57. The molecule has 0 saturated heterocycles. The Morgan fingerprint density at radius 1 is 1.33 bits per heavy atom. The zero-order valence-electron chi connectivity index (χ0n) is 9.80. The standard InChI is InChI=1S/C12H12N4O2/c1-8-4-5-9(18-8)7-13-12-14-11(15-16-12)10-3-2-6-17-10/h2-6H,7H2,1H3,(H2,13,14,15,16). The van der Waals surface area contributed by atoms with E-state index in [2.05, 4.69) is 20.5 Å². The molecule has 0 aliphatic heterocycles. The number of H-pyrrole nitrogens is 1. The third kappa shape index (κ3) is 2.13. The summed E-state index contributed by atoms with van der Waals surface area (Å²) in [4.78, 5) is 4.26. The highest BCUT2D eigenvalue weighted by molar-refractivity contribution is 5.48. The van der Waals surface area contributed by atoms with Gasteiger partial charge in [0.1, 0.15) is 11.5 Å². The first-order chi connectivity index (χ1) is 8.81. The summed E-state index contributed by atoms with van der Waals surface area (Å²) in [5.41, 5.74) is 0. The van der Waals surface area contributed by atoms with Gasteiger partial charge >= 0.3 is 0 Å². The van der Waals surface area contributed by atoms with E-state index in [1.807, 2.05) is 25.1 Å². The number of furan rings is 2. The molecule has 0 saturated carbocycles. The molecule has 6 nitrogen and oxygen atoms in total. The first kappa shape index (κ1) is 10.6. The van der Waals surface area contributed by atoms with E-state index in [1.54, 1.807) is 12.3 Å². The summed E-state index contributed by atoms with van der Waals surface area (Å²) < 4.78 is 10.7. The van der Waals surface area contributed by atoms with Crippen LogP contribution in [0.4, 0.5) is 5.95 Å². The van der Waals surface area contributed by atoms with Crippen LogP contribution in [0.5, 0.6) is 0 Å². The van der Waals surface area contributed by atoms with Crippen LogP contribution in [0.2, 0.25) is 0 Å². The molecule has 0 atom stereocenters. The fourth-order valence-electron chi connectivity index (χ4n) is 1.61. The third-order valence-electron chi connectivity index (χ3n) is 2.46. The molecule has 92 valence electrons. The Labute approximate surface area is 103 Å². The van der Waals surface area contributed by atoms with E-state index in [1.165, 1.54) is 0 Å². The fourth-order valence-corrected chi connectivity index (χ4v) is 1.61. The molecule has 3 aromatic heterocycles. The minimum atomic E-state index is 0.510. The summed E-state index contributed by atoms with van der Waals surface area (Å²) in [6.07, 6.45) is 1.59. The third-order valence-corrected chi connectivity index (χ3v) is 2.46. The lowest BCUT2D eigenvalue weighted by atomic mass is 10.4. The molecule has 0 aliphatic carbocycles. The normalized spacial score (nSPS) is 10.7. The molecule has 0 radical (unpaired) electrons. The van der Waals surface area contributed by atoms with Gasteiger partial charge in [-0.05, 0) is 31.2 Å². The van der Waals surface area contributed by atoms with Crippen LogP contribution in [-0.2, 0) is 6.54 Å². The Morgan fingerprint density at radius 3 is 3.00 bits per heavy atom. The lowest BCUT2D eigenvalue weighted by molar-refractivity contribution is 0.490. The van der Waals surface area contributed by atoms with Crippen molar-refractivity contribution in [1.82, 2.24) is 15.2 Å². The van der Waals surface area contributed by atoms with Crippen LogP contribution in [0, 0.1) is 6.92 Å².